The molecule has 5 nitrogen and oxygen atoms in total. The molecule has 1 aromatic carbocycles. The maximum Gasteiger partial charge on any atom is 0.329 e. The monoisotopic (exact) mass is 274 g/mol. The van der Waals surface area contributed by atoms with E-state index >= 15 is 0 Å². The van der Waals surface area contributed by atoms with Crippen LogP contribution in [0.25, 0.3) is 0 Å². The summed E-state index contributed by atoms with van der Waals surface area (Å²) in [7, 11) is 0. The van der Waals surface area contributed by atoms with Crippen LogP contribution in [0.5, 0.6) is 0 Å². The number of nitrogens with zero attached hydrogens (tertiary/aromatic N) is 1. The lowest BCUT2D eigenvalue weighted by Gasteiger charge is -2.26. The number of carbonyl (C=O) groups is 2. The smallest absolute Gasteiger partial charge is 0.329 e. The Kier molecular flexibility index (Phi) is 5.73. The number of carboxylic acid groups (broad SMARTS) is 1. The first-order valence-corrected chi connectivity index (χ1v) is 6.47. The third kappa shape index (κ3) is 4.39. The predicted octanol–water partition coefficient (Wildman–Crippen LogP) is 2.34. The highest BCUT2D eigenvalue weighted by molar-refractivity contribution is 5.97. The Balaban J connectivity index is 2.69. The van der Waals surface area contributed by atoms with Gasteiger partial charge in [-0.15, -0.1) is 0 Å². The molecule has 5 heteroatoms. The molecule has 0 radical (unpaired) electrons. The third-order valence-electron chi connectivity index (χ3n) is 3.11. The highest BCUT2D eigenvalue weighted by Crippen LogP contribution is 2.16. The van der Waals surface area contributed by atoms with Crippen LogP contribution in [-0.2, 0) is 4.79 Å². The highest BCUT2D eigenvalue weighted by Gasteiger charge is 2.34. The van der Waals surface area contributed by atoms with Gasteiger partial charge in [0.25, 0.3) is 5.91 Å². The van der Waals surface area contributed by atoms with Gasteiger partial charge < -0.3 is 10.4 Å². The Morgan fingerprint density at radius 1 is 1.30 bits per heavy atom. The zero-order chi connectivity index (χ0) is 15.0. The van der Waals surface area contributed by atoms with E-state index in [1.165, 1.54) is 6.92 Å². The molecule has 0 heterocycles. The number of carboxylic acids is 1. The van der Waals surface area contributed by atoms with Crippen LogP contribution in [0.2, 0.25) is 0 Å². The van der Waals surface area contributed by atoms with Crippen LogP contribution < -0.4 is 5.32 Å². The summed E-state index contributed by atoms with van der Waals surface area (Å²) in [6.45, 7) is 1.49. The predicted molar refractivity (Wildman–Crippen MR) is 74.0 cm³/mol. The van der Waals surface area contributed by atoms with Crippen molar-refractivity contribution in [2.45, 2.75) is 38.1 Å². The maximum absolute atomic E-state index is 12.0. The van der Waals surface area contributed by atoms with Gasteiger partial charge in [-0.25, -0.2) is 4.79 Å². The van der Waals surface area contributed by atoms with Crippen molar-refractivity contribution < 1.29 is 14.7 Å². The lowest BCUT2D eigenvalue weighted by atomic mass is 9.94. The summed E-state index contributed by atoms with van der Waals surface area (Å²) in [6.07, 6.45) is 1.89. The molecular weight excluding hydrogens is 256 g/mol. The van der Waals surface area contributed by atoms with Crippen LogP contribution in [0.1, 0.15) is 43.0 Å². The Hall–Kier alpha value is -2.35. The van der Waals surface area contributed by atoms with E-state index in [0.717, 1.165) is 0 Å². The lowest BCUT2D eigenvalue weighted by Crippen LogP contribution is -2.52. The van der Waals surface area contributed by atoms with Crippen LogP contribution in [0.15, 0.2) is 30.3 Å². The zero-order valence-electron chi connectivity index (χ0n) is 11.4. The van der Waals surface area contributed by atoms with Crippen molar-refractivity contribution in [3.63, 3.8) is 0 Å². The van der Waals surface area contributed by atoms with E-state index in [9.17, 15) is 14.7 Å². The summed E-state index contributed by atoms with van der Waals surface area (Å²) in [5, 5.41) is 20.3. The minimum absolute atomic E-state index is 0.294. The Morgan fingerprint density at radius 2 is 1.95 bits per heavy atom. The number of hydrogen-bond acceptors (Lipinski definition) is 3. The minimum atomic E-state index is -1.32. The number of amides is 1. The second-order valence-electron chi connectivity index (χ2n) is 4.82. The standard InChI is InChI=1S/C15H18N2O3/c1-15(14(19)20,10-6-3-7-11-16)17-13(18)12-8-4-2-5-9-12/h2,4-5,8-9H,3,6-7,10H2,1H3,(H,17,18)(H,19,20). The van der Waals surface area contributed by atoms with Crippen molar-refractivity contribution in [1.82, 2.24) is 5.32 Å². The second kappa shape index (κ2) is 7.29. The van der Waals surface area contributed by atoms with Gasteiger partial charge in [0, 0.05) is 12.0 Å². The molecule has 1 amide bonds. The molecule has 1 atom stereocenters. The van der Waals surface area contributed by atoms with Crippen molar-refractivity contribution >= 4 is 11.9 Å². The molecule has 0 aliphatic rings. The molecule has 0 aliphatic heterocycles. The molecule has 0 aromatic heterocycles. The summed E-state index contributed by atoms with van der Waals surface area (Å²) >= 11 is 0. The van der Waals surface area contributed by atoms with E-state index < -0.39 is 17.4 Å². The quantitative estimate of drug-likeness (QED) is 0.747. The number of nitriles is 1. The lowest BCUT2D eigenvalue weighted by molar-refractivity contribution is -0.144. The van der Waals surface area contributed by atoms with Gasteiger partial charge in [-0.3, -0.25) is 4.79 Å². The molecule has 1 aromatic rings. The van der Waals surface area contributed by atoms with Gasteiger partial charge in [0.2, 0.25) is 0 Å². The fourth-order valence-corrected chi connectivity index (χ4v) is 1.82. The highest BCUT2D eigenvalue weighted by atomic mass is 16.4. The Labute approximate surface area is 118 Å². The molecule has 0 fully saturated rings. The number of nitrogens with one attached hydrogen (secondary N) is 1. The first kappa shape index (κ1) is 15.7. The fraction of sp³-hybridized carbons (Fsp3) is 0.400. The minimum Gasteiger partial charge on any atom is -0.480 e. The van der Waals surface area contributed by atoms with Gasteiger partial charge in [-0.05, 0) is 38.3 Å². The molecule has 0 saturated heterocycles. The van der Waals surface area contributed by atoms with E-state index in [1.807, 2.05) is 6.07 Å². The van der Waals surface area contributed by atoms with Crippen molar-refractivity contribution in [2.75, 3.05) is 0 Å². The molecular formula is C15H18N2O3. The molecule has 0 bridgehead atoms. The van der Waals surface area contributed by atoms with Gasteiger partial charge in [0.05, 0.1) is 6.07 Å². The Bertz CT molecular complexity index is 508. The number of aliphatic carboxylic acids is 1. The van der Waals surface area contributed by atoms with E-state index in [4.69, 9.17) is 5.26 Å². The van der Waals surface area contributed by atoms with Gasteiger partial charge in [-0.1, -0.05) is 18.2 Å². The number of benzene rings is 1. The number of hydrogen-bond donors (Lipinski definition) is 2. The average Bonchev–Trinajstić information content (AvgIpc) is 2.44. The Morgan fingerprint density at radius 3 is 2.50 bits per heavy atom. The number of unbranched alkanes of at least 4 members (excludes halogenated alkanes) is 2. The van der Waals surface area contributed by atoms with E-state index in [1.54, 1.807) is 30.3 Å². The van der Waals surface area contributed by atoms with Gasteiger partial charge in [0.15, 0.2) is 0 Å². The molecule has 1 rings (SSSR count). The van der Waals surface area contributed by atoms with Crippen LogP contribution in [-0.4, -0.2) is 22.5 Å². The first-order chi connectivity index (χ1) is 9.49. The van der Waals surface area contributed by atoms with Crippen molar-refractivity contribution in [1.29, 1.82) is 5.26 Å². The summed E-state index contributed by atoms with van der Waals surface area (Å²) in [5.41, 5.74) is -0.889. The number of rotatable bonds is 7. The maximum atomic E-state index is 12.0. The molecule has 0 saturated carbocycles. The second-order valence-corrected chi connectivity index (χ2v) is 4.82. The van der Waals surface area contributed by atoms with Crippen molar-refractivity contribution in [2.24, 2.45) is 0 Å². The molecule has 1 unspecified atom stereocenters. The van der Waals surface area contributed by atoms with Crippen LogP contribution in [0.4, 0.5) is 0 Å². The van der Waals surface area contributed by atoms with Crippen molar-refractivity contribution in [3.05, 3.63) is 35.9 Å². The SMILES string of the molecule is CC(CCCCC#N)(NC(=O)c1ccccc1)C(=O)O. The topological polar surface area (TPSA) is 90.2 Å². The largest absolute Gasteiger partial charge is 0.480 e. The zero-order valence-corrected chi connectivity index (χ0v) is 11.4. The van der Waals surface area contributed by atoms with Crippen LogP contribution in [0.3, 0.4) is 0 Å². The fourth-order valence-electron chi connectivity index (χ4n) is 1.82. The van der Waals surface area contributed by atoms with Gasteiger partial charge >= 0.3 is 5.97 Å². The van der Waals surface area contributed by atoms with Crippen molar-refractivity contribution in [3.8, 4) is 6.07 Å². The van der Waals surface area contributed by atoms with E-state index in [-0.39, 0.29) is 0 Å². The van der Waals surface area contributed by atoms with Gasteiger partial charge in [0.1, 0.15) is 5.54 Å². The van der Waals surface area contributed by atoms with E-state index in [0.29, 0.717) is 31.2 Å². The number of carbonyl (C=O) groups excluding carboxylic acids is 1. The summed E-state index contributed by atoms with van der Waals surface area (Å²) in [6, 6.07) is 10.5. The van der Waals surface area contributed by atoms with Gasteiger partial charge in [-0.2, -0.15) is 5.26 Å². The normalized spacial score (nSPS) is 13.0. The molecule has 0 spiro atoms. The summed E-state index contributed by atoms with van der Waals surface area (Å²) in [4.78, 5) is 23.4. The third-order valence-corrected chi connectivity index (χ3v) is 3.11. The molecule has 0 aliphatic carbocycles. The first-order valence-electron chi connectivity index (χ1n) is 6.47. The summed E-state index contributed by atoms with van der Waals surface area (Å²) < 4.78 is 0. The molecule has 20 heavy (non-hydrogen) atoms. The summed E-state index contributed by atoms with van der Waals surface area (Å²) in [5.74, 6) is -1.48. The van der Waals surface area contributed by atoms with Crippen LogP contribution >= 0.6 is 0 Å². The molecule has 106 valence electrons. The van der Waals surface area contributed by atoms with E-state index in [2.05, 4.69) is 5.32 Å². The molecule has 2 N–H and O–H groups in total. The van der Waals surface area contributed by atoms with Crippen LogP contribution in [0, 0.1) is 11.3 Å². The average molecular weight is 274 g/mol.